The Morgan fingerprint density at radius 3 is 2.86 bits per heavy atom. The number of nitrogens with one attached hydrogen (secondary N) is 2. The van der Waals surface area contributed by atoms with Gasteiger partial charge in [-0.05, 0) is 13.3 Å². The van der Waals surface area contributed by atoms with E-state index in [0.29, 0.717) is 19.0 Å². The number of carbonyl (C=O) groups excluding carboxylic acids is 1. The molecule has 1 rings (SSSR count). The van der Waals surface area contributed by atoms with Crippen LogP contribution in [0.2, 0.25) is 0 Å². The second-order valence-electron chi connectivity index (χ2n) is 4.60. The molecule has 8 heteroatoms. The maximum absolute atomic E-state index is 12.2. The summed E-state index contributed by atoms with van der Waals surface area (Å²) < 4.78 is 4.92. The van der Waals surface area contributed by atoms with Crippen molar-refractivity contribution in [2.24, 2.45) is 0 Å². The van der Waals surface area contributed by atoms with Gasteiger partial charge in [0.1, 0.15) is 17.6 Å². The van der Waals surface area contributed by atoms with Crippen molar-refractivity contribution in [2.75, 3.05) is 25.6 Å². The summed E-state index contributed by atoms with van der Waals surface area (Å²) in [5.74, 6) is -0.0832. The summed E-state index contributed by atoms with van der Waals surface area (Å²) in [6, 6.07) is 1.14. The van der Waals surface area contributed by atoms with Crippen molar-refractivity contribution in [3.8, 4) is 0 Å². The molecule has 1 aromatic rings. The SMILES string of the molecule is CCCNc1cc(C(=O)NC(C)COC)c([N+](=O)[O-])cn1. The maximum Gasteiger partial charge on any atom is 0.300 e. The van der Waals surface area contributed by atoms with Crippen molar-refractivity contribution in [1.29, 1.82) is 0 Å². The summed E-state index contributed by atoms with van der Waals surface area (Å²) in [5, 5.41) is 16.7. The number of hydrogen-bond donors (Lipinski definition) is 2. The Kier molecular flexibility index (Phi) is 6.54. The monoisotopic (exact) mass is 296 g/mol. The predicted molar refractivity (Wildman–Crippen MR) is 78.5 cm³/mol. The van der Waals surface area contributed by atoms with E-state index in [4.69, 9.17) is 4.74 Å². The van der Waals surface area contributed by atoms with Gasteiger partial charge in [-0.25, -0.2) is 4.98 Å². The van der Waals surface area contributed by atoms with Crippen LogP contribution in [0.5, 0.6) is 0 Å². The van der Waals surface area contributed by atoms with Crippen LogP contribution in [0.3, 0.4) is 0 Å². The standard InChI is InChI=1S/C13H20N4O4/c1-4-5-14-12-6-10(11(7-15-12)17(19)20)13(18)16-9(2)8-21-3/h6-7,9H,4-5,8H2,1-3H3,(H,14,15)(H,16,18). The summed E-state index contributed by atoms with van der Waals surface area (Å²) in [6.45, 7) is 4.74. The van der Waals surface area contributed by atoms with Gasteiger partial charge in [-0.15, -0.1) is 0 Å². The zero-order valence-corrected chi connectivity index (χ0v) is 12.4. The van der Waals surface area contributed by atoms with E-state index < -0.39 is 10.8 Å². The van der Waals surface area contributed by atoms with Gasteiger partial charge < -0.3 is 15.4 Å². The number of nitrogens with zero attached hydrogens (tertiary/aromatic N) is 2. The Morgan fingerprint density at radius 1 is 1.57 bits per heavy atom. The summed E-state index contributed by atoms with van der Waals surface area (Å²) in [7, 11) is 1.52. The predicted octanol–water partition coefficient (Wildman–Crippen LogP) is 1.58. The maximum atomic E-state index is 12.2. The Labute approximate surface area is 123 Å². The number of hydrogen-bond acceptors (Lipinski definition) is 6. The summed E-state index contributed by atoms with van der Waals surface area (Å²) in [6.07, 6.45) is 1.97. The lowest BCUT2D eigenvalue weighted by molar-refractivity contribution is -0.385. The van der Waals surface area contributed by atoms with Gasteiger partial charge in [-0.1, -0.05) is 6.92 Å². The first-order chi connectivity index (χ1) is 9.99. The van der Waals surface area contributed by atoms with Gasteiger partial charge in [0.15, 0.2) is 0 Å². The lowest BCUT2D eigenvalue weighted by Crippen LogP contribution is -2.36. The zero-order chi connectivity index (χ0) is 15.8. The van der Waals surface area contributed by atoms with E-state index in [9.17, 15) is 14.9 Å². The smallest absolute Gasteiger partial charge is 0.300 e. The first kappa shape index (κ1) is 16.8. The van der Waals surface area contributed by atoms with Crippen LogP contribution in [-0.2, 0) is 4.74 Å². The molecule has 0 radical (unpaired) electrons. The van der Waals surface area contributed by atoms with Crippen molar-refractivity contribution >= 4 is 17.4 Å². The number of rotatable bonds is 8. The van der Waals surface area contributed by atoms with E-state index in [1.807, 2.05) is 6.92 Å². The van der Waals surface area contributed by atoms with E-state index in [1.54, 1.807) is 6.92 Å². The fourth-order valence-electron chi connectivity index (χ4n) is 1.72. The Hall–Kier alpha value is -2.22. The summed E-state index contributed by atoms with van der Waals surface area (Å²) in [5.41, 5.74) is -0.337. The van der Waals surface area contributed by atoms with E-state index in [2.05, 4.69) is 15.6 Å². The number of ether oxygens (including phenoxy) is 1. The van der Waals surface area contributed by atoms with Crippen LogP contribution in [0.1, 0.15) is 30.6 Å². The van der Waals surface area contributed by atoms with Crippen LogP contribution >= 0.6 is 0 Å². The number of anilines is 1. The third kappa shape index (κ3) is 4.99. The van der Waals surface area contributed by atoms with Crippen molar-refractivity contribution in [3.05, 3.63) is 27.9 Å². The number of nitro groups is 1. The molecule has 1 heterocycles. The highest BCUT2D eigenvalue weighted by Gasteiger charge is 2.22. The quantitative estimate of drug-likeness (QED) is 0.557. The topological polar surface area (TPSA) is 106 Å². The van der Waals surface area contributed by atoms with E-state index in [1.165, 1.54) is 13.2 Å². The summed E-state index contributed by atoms with van der Waals surface area (Å²) >= 11 is 0. The molecule has 0 fully saturated rings. The molecule has 0 aromatic carbocycles. The fraction of sp³-hybridized carbons (Fsp3) is 0.538. The molecular formula is C13H20N4O4. The molecule has 0 saturated carbocycles. The van der Waals surface area contributed by atoms with Crippen LogP contribution in [0.25, 0.3) is 0 Å². The van der Waals surface area contributed by atoms with Crippen molar-refractivity contribution in [3.63, 3.8) is 0 Å². The number of pyridine rings is 1. The van der Waals surface area contributed by atoms with Gasteiger partial charge in [-0.3, -0.25) is 14.9 Å². The number of amides is 1. The molecule has 0 aliphatic carbocycles. The van der Waals surface area contributed by atoms with Crippen LogP contribution in [0.4, 0.5) is 11.5 Å². The molecule has 2 N–H and O–H groups in total. The minimum Gasteiger partial charge on any atom is -0.383 e. The largest absolute Gasteiger partial charge is 0.383 e. The lowest BCUT2D eigenvalue weighted by atomic mass is 10.2. The van der Waals surface area contributed by atoms with Gasteiger partial charge in [-0.2, -0.15) is 0 Å². The molecule has 1 aromatic heterocycles. The Balaban J connectivity index is 2.99. The Morgan fingerprint density at radius 2 is 2.29 bits per heavy atom. The normalized spacial score (nSPS) is 11.8. The first-order valence-electron chi connectivity index (χ1n) is 6.67. The third-order valence-electron chi connectivity index (χ3n) is 2.67. The van der Waals surface area contributed by atoms with Gasteiger partial charge >= 0.3 is 0 Å². The average molecular weight is 296 g/mol. The van der Waals surface area contributed by atoms with Crippen LogP contribution in [-0.4, -0.2) is 42.1 Å². The van der Waals surface area contributed by atoms with Gasteiger partial charge in [0.05, 0.1) is 11.5 Å². The molecule has 1 atom stereocenters. The van der Waals surface area contributed by atoms with E-state index >= 15 is 0 Å². The van der Waals surface area contributed by atoms with Crippen molar-refractivity contribution < 1.29 is 14.5 Å². The molecule has 8 nitrogen and oxygen atoms in total. The van der Waals surface area contributed by atoms with Crippen molar-refractivity contribution in [1.82, 2.24) is 10.3 Å². The molecule has 1 unspecified atom stereocenters. The number of carbonyl (C=O) groups is 1. The molecule has 0 saturated heterocycles. The van der Waals surface area contributed by atoms with Gasteiger partial charge in [0, 0.05) is 25.8 Å². The van der Waals surface area contributed by atoms with Crippen molar-refractivity contribution in [2.45, 2.75) is 26.3 Å². The highest BCUT2D eigenvalue weighted by molar-refractivity contribution is 5.98. The Bertz CT molecular complexity index is 507. The second kappa shape index (κ2) is 8.15. The highest BCUT2D eigenvalue weighted by Crippen LogP contribution is 2.20. The second-order valence-corrected chi connectivity index (χ2v) is 4.60. The highest BCUT2D eigenvalue weighted by atomic mass is 16.6. The minimum atomic E-state index is -0.619. The van der Waals surface area contributed by atoms with Crippen LogP contribution in [0.15, 0.2) is 12.3 Å². The van der Waals surface area contributed by atoms with E-state index in [-0.39, 0.29) is 17.3 Å². The third-order valence-corrected chi connectivity index (χ3v) is 2.67. The molecule has 21 heavy (non-hydrogen) atoms. The average Bonchev–Trinajstić information content (AvgIpc) is 2.44. The number of methoxy groups -OCH3 is 1. The molecule has 0 bridgehead atoms. The first-order valence-corrected chi connectivity index (χ1v) is 6.67. The van der Waals surface area contributed by atoms with Crippen LogP contribution in [0, 0.1) is 10.1 Å². The number of aromatic nitrogens is 1. The molecule has 0 aliphatic heterocycles. The van der Waals surface area contributed by atoms with Gasteiger partial charge in [0.25, 0.3) is 11.6 Å². The molecule has 116 valence electrons. The molecule has 0 spiro atoms. The van der Waals surface area contributed by atoms with E-state index in [0.717, 1.165) is 12.6 Å². The fourth-order valence-corrected chi connectivity index (χ4v) is 1.72. The lowest BCUT2D eigenvalue weighted by Gasteiger charge is -2.13. The molecule has 0 aliphatic rings. The molecular weight excluding hydrogens is 276 g/mol. The zero-order valence-electron chi connectivity index (χ0n) is 12.4. The van der Waals surface area contributed by atoms with Crippen LogP contribution < -0.4 is 10.6 Å². The minimum absolute atomic E-state index is 0.0171. The van der Waals surface area contributed by atoms with Gasteiger partial charge in [0.2, 0.25) is 0 Å². The molecule has 1 amide bonds. The summed E-state index contributed by atoms with van der Waals surface area (Å²) in [4.78, 5) is 26.5.